The highest BCUT2D eigenvalue weighted by molar-refractivity contribution is 4.78. The first-order valence-corrected chi connectivity index (χ1v) is 3.06. The maximum Gasteiger partial charge on any atom is 0.0652 e. The molecule has 1 nitrogen and oxygen atoms in total. The number of nitrogens with zero attached hydrogens (tertiary/aromatic N) is 1. The second kappa shape index (κ2) is 3.49. The van der Waals surface area contributed by atoms with Crippen LogP contribution in [0.5, 0.6) is 0 Å². The van der Waals surface area contributed by atoms with Crippen molar-refractivity contribution in [3.05, 3.63) is 0 Å². The van der Waals surface area contributed by atoms with E-state index in [2.05, 4.69) is 19.9 Å². The van der Waals surface area contributed by atoms with Gasteiger partial charge in [0.15, 0.2) is 0 Å². The zero-order valence-electron chi connectivity index (χ0n) is 5.81. The molecular formula is C7H13N. The van der Waals surface area contributed by atoms with E-state index in [0.717, 1.165) is 6.42 Å². The quantitative estimate of drug-likeness (QED) is 0.536. The van der Waals surface area contributed by atoms with Gasteiger partial charge >= 0.3 is 0 Å². The standard InChI is InChI=1S/C7H13N/c1-6(2)4-7(3)5-8/h6-7H,4H2,1-3H3/t7-/m1/s1. The van der Waals surface area contributed by atoms with Crippen LogP contribution in [0.3, 0.4) is 0 Å². The van der Waals surface area contributed by atoms with Crippen LogP contribution in [-0.2, 0) is 0 Å². The Morgan fingerprint density at radius 2 is 1.88 bits per heavy atom. The van der Waals surface area contributed by atoms with Gasteiger partial charge in [-0.3, -0.25) is 0 Å². The molecule has 0 aromatic carbocycles. The van der Waals surface area contributed by atoms with E-state index >= 15 is 0 Å². The lowest BCUT2D eigenvalue weighted by Crippen LogP contribution is -1.95. The molecule has 0 aromatic rings. The molecule has 0 spiro atoms. The molecule has 0 heterocycles. The average molecular weight is 111 g/mol. The van der Waals surface area contributed by atoms with E-state index in [4.69, 9.17) is 5.26 Å². The molecule has 0 unspecified atom stereocenters. The second-order valence-electron chi connectivity index (χ2n) is 2.66. The van der Waals surface area contributed by atoms with Crippen LogP contribution in [0, 0.1) is 23.2 Å². The molecule has 0 aromatic heterocycles. The summed E-state index contributed by atoms with van der Waals surface area (Å²) in [6.45, 7) is 6.22. The second-order valence-corrected chi connectivity index (χ2v) is 2.66. The van der Waals surface area contributed by atoms with Crippen LogP contribution >= 0.6 is 0 Å². The van der Waals surface area contributed by atoms with Crippen molar-refractivity contribution in [2.45, 2.75) is 27.2 Å². The Bertz CT molecular complexity index is 89.1. The van der Waals surface area contributed by atoms with Crippen LogP contribution in [0.4, 0.5) is 0 Å². The summed E-state index contributed by atoms with van der Waals surface area (Å²) in [5, 5.41) is 8.33. The van der Waals surface area contributed by atoms with Crippen molar-refractivity contribution in [3.8, 4) is 6.07 Å². The van der Waals surface area contributed by atoms with Gasteiger partial charge in [-0.1, -0.05) is 13.8 Å². The van der Waals surface area contributed by atoms with E-state index in [1.165, 1.54) is 0 Å². The molecule has 0 saturated carbocycles. The molecule has 0 radical (unpaired) electrons. The molecule has 0 N–H and O–H groups in total. The molecule has 0 bridgehead atoms. The van der Waals surface area contributed by atoms with Gasteiger partial charge in [0.25, 0.3) is 0 Å². The van der Waals surface area contributed by atoms with Gasteiger partial charge in [0.1, 0.15) is 0 Å². The number of hydrogen-bond acceptors (Lipinski definition) is 1. The third-order valence-corrected chi connectivity index (χ3v) is 1.05. The van der Waals surface area contributed by atoms with Crippen molar-refractivity contribution in [2.24, 2.45) is 11.8 Å². The van der Waals surface area contributed by atoms with E-state index in [9.17, 15) is 0 Å². The first-order chi connectivity index (χ1) is 3.66. The monoisotopic (exact) mass is 111 g/mol. The first-order valence-electron chi connectivity index (χ1n) is 3.06. The van der Waals surface area contributed by atoms with Crippen LogP contribution in [0.15, 0.2) is 0 Å². The zero-order valence-corrected chi connectivity index (χ0v) is 5.81. The summed E-state index contributed by atoms with van der Waals surface area (Å²) < 4.78 is 0. The molecule has 0 amide bonds. The van der Waals surface area contributed by atoms with Crippen LogP contribution < -0.4 is 0 Å². The maximum absolute atomic E-state index is 8.33. The fourth-order valence-electron chi connectivity index (χ4n) is 0.760. The topological polar surface area (TPSA) is 23.8 Å². The van der Waals surface area contributed by atoms with E-state index in [1.54, 1.807) is 0 Å². The molecule has 0 fully saturated rings. The minimum atomic E-state index is 0.231. The minimum absolute atomic E-state index is 0.231. The lowest BCUT2D eigenvalue weighted by atomic mass is 10.0. The van der Waals surface area contributed by atoms with E-state index in [1.807, 2.05) is 6.92 Å². The van der Waals surface area contributed by atoms with Gasteiger partial charge in [0.05, 0.1) is 6.07 Å². The third kappa shape index (κ3) is 3.67. The van der Waals surface area contributed by atoms with Crippen molar-refractivity contribution in [3.63, 3.8) is 0 Å². The fourth-order valence-corrected chi connectivity index (χ4v) is 0.760. The predicted octanol–water partition coefficient (Wildman–Crippen LogP) is 2.19. The van der Waals surface area contributed by atoms with Gasteiger partial charge in [-0.2, -0.15) is 5.26 Å². The molecule has 0 saturated heterocycles. The SMILES string of the molecule is CC(C)C[C@@H](C)C#N. The summed E-state index contributed by atoms with van der Waals surface area (Å²) in [4.78, 5) is 0. The maximum atomic E-state index is 8.33. The highest BCUT2D eigenvalue weighted by atomic mass is 14.3. The summed E-state index contributed by atoms with van der Waals surface area (Å²) in [5.41, 5.74) is 0. The molecule has 0 aliphatic rings. The highest BCUT2D eigenvalue weighted by Crippen LogP contribution is 2.08. The summed E-state index contributed by atoms with van der Waals surface area (Å²) in [7, 11) is 0. The van der Waals surface area contributed by atoms with E-state index in [0.29, 0.717) is 5.92 Å². The Morgan fingerprint density at radius 1 is 1.38 bits per heavy atom. The highest BCUT2D eigenvalue weighted by Gasteiger charge is 2.00. The molecule has 8 heavy (non-hydrogen) atoms. The largest absolute Gasteiger partial charge is 0.198 e. The molecule has 0 rings (SSSR count). The summed E-state index contributed by atoms with van der Waals surface area (Å²) in [6.07, 6.45) is 1.02. The molecular weight excluding hydrogens is 98.1 g/mol. The molecule has 0 aliphatic carbocycles. The molecule has 1 heteroatoms. The van der Waals surface area contributed by atoms with Gasteiger partial charge in [0, 0.05) is 5.92 Å². The third-order valence-electron chi connectivity index (χ3n) is 1.05. The van der Waals surface area contributed by atoms with Crippen molar-refractivity contribution in [1.29, 1.82) is 5.26 Å². The lowest BCUT2D eigenvalue weighted by Gasteiger charge is -2.03. The summed E-state index contributed by atoms with van der Waals surface area (Å²) >= 11 is 0. The number of hydrogen-bond donors (Lipinski definition) is 0. The van der Waals surface area contributed by atoms with Crippen LogP contribution in [0.2, 0.25) is 0 Å². The van der Waals surface area contributed by atoms with E-state index in [-0.39, 0.29) is 5.92 Å². The Balaban J connectivity index is 3.28. The molecule has 46 valence electrons. The van der Waals surface area contributed by atoms with Crippen LogP contribution in [0.1, 0.15) is 27.2 Å². The Morgan fingerprint density at radius 3 is 2.00 bits per heavy atom. The number of rotatable bonds is 2. The van der Waals surface area contributed by atoms with Gasteiger partial charge in [-0.25, -0.2) is 0 Å². The van der Waals surface area contributed by atoms with Crippen molar-refractivity contribution < 1.29 is 0 Å². The lowest BCUT2D eigenvalue weighted by molar-refractivity contribution is 0.510. The molecule has 1 atom stereocenters. The Hall–Kier alpha value is -0.510. The van der Waals surface area contributed by atoms with Crippen molar-refractivity contribution >= 4 is 0 Å². The summed E-state index contributed by atoms with van der Waals surface area (Å²) in [5.74, 6) is 0.889. The fraction of sp³-hybridized carbons (Fsp3) is 0.857. The Kier molecular flexibility index (Phi) is 3.26. The van der Waals surface area contributed by atoms with Gasteiger partial charge in [0.2, 0.25) is 0 Å². The van der Waals surface area contributed by atoms with Gasteiger partial charge < -0.3 is 0 Å². The minimum Gasteiger partial charge on any atom is -0.198 e. The molecule has 0 aliphatic heterocycles. The van der Waals surface area contributed by atoms with Crippen LogP contribution in [-0.4, -0.2) is 0 Å². The predicted molar refractivity (Wildman–Crippen MR) is 34.2 cm³/mol. The number of nitriles is 1. The van der Waals surface area contributed by atoms with Gasteiger partial charge in [-0.15, -0.1) is 0 Å². The average Bonchev–Trinajstić information content (AvgIpc) is 1.65. The van der Waals surface area contributed by atoms with Gasteiger partial charge in [-0.05, 0) is 19.3 Å². The smallest absolute Gasteiger partial charge is 0.0652 e. The Labute approximate surface area is 51.3 Å². The zero-order chi connectivity index (χ0) is 6.57. The van der Waals surface area contributed by atoms with Crippen molar-refractivity contribution in [1.82, 2.24) is 0 Å². The van der Waals surface area contributed by atoms with Crippen LogP contribution in [0.25, 0.3) is 0 Å². The van der Waals surface area contributed by atoms with E-state index < -0.39 is 0 Å². The summed E-state index contributed by atoms with van der Waals surface area (Å²) in [6, 6.07) is 2.20. The van der Waals surface area contributed by atoms with Crippen molar-refractivity contribution in [2.75, 3.05) is 0 Å². The first kappa shape index (κ1) is 7.49. The normalized spacial score (nSPS) is 13.4.